The monoisotopic (exact) mass is 238 g/mol. The molecule has 1 aliphatic rings. The highest BCUT2D eigenvalue weighted by Crippen LogP contribution is 2.26. The molecule has 0 amide bonds. The predicted molar refractivity (Wildman–Crippen MR) is 72.2 cm³/mol. The Bertz CT molecular complexity index is 744. The molecule has 4 rings (SSSR count). The average molecular weight is 238 g/mol. The Morgan fingerprint density at radius 3 is 3.11 bits per heavy atom. The zero-order valence-corrected chi connectivity index (χ0v) is 10.2. The molecular formula is C14H14N4. The number of fused-ring (bicyclic) bond motifs is 5. The molecule has 0 bridgehead atoms. The van der Waals surface area contributed by atoms with Gasteiger partial charge in [0.05, 0.1) is 11.7 Å². The van der Waals surface area contributed by atoms with E-state index in [0.717, 1.165) is 40.6 Å². The van der Waals surface area contributed by atoms with Crippen molar-refractivity contribution in [2.45, 2.75) is 25.8 Å². The van der Waals surface area contributed by atoms with Crippen LogP contribution in [0.15, 0.2) is 30.5 Å². The lowest BCUT2D eigenvalue weighted by atomic mass is 10.1. The standard InChI is InChI=1S/C14H14N4/c1-9-6-7-13-16-12-8-15-11-5-3-2-4-10(11)14(12)18(13)17-9/h2-5,8-9,17H,6-7H2,1H3. The minimum Gasteiger partial charge on any atom is -0.321 e. The highest BCUT2D eigenvalue weighted by Gasteiger charge is 2.19. The Kier molecular flexibility index (Phi) is 1.89. The molecule has 4 heteroatoms. The number of aromatic nitrogens is 3. The third kappa shape index (κ3) is 1.26. The second-order valence-corrected chi connectivity index (χ2v) is 4.94. The molecule has 1 aromatic carbocycles. The summed E-state index contributed by atoms with van der Waals surface area (Å²) in [7, 11) is 0. The normalized spacial score (nSPS) is 18.8. The average Bonchev–Trinajstić information content (AvgIpc) is 2.77. The van der Waals surface area contributed by atoms with Gasteiger partial charge in [0.25, 0.3) is 0 Å². The molecule has 1 aliphatic heterocycles. The number of pyridine rings is 1. The summed E-state index contributed by atoms with van der Waals surface area (Å²) in [5.74, 6) is 1.11. The van der Waals surface area contributed by atoms with E-state index in [2.05, 4.69) is 39.1 Å². The molecule has 90 valence electrons. The van der Waals surface area contributed by atoms with Crippen LogP contribution in [-0.2, 0) is 6.42 Å². The van der Waals surface area contributed by atoms with Gasteiger partial charge in [-0.15, -0.1) is 0 Å². The maximum absolute atomic E-state index is 4.68. The first kappa shape index (κ1) is 9.88. The van der Waals surface area contributed by atoms with Gasteiger partial charge in [0.2, 0.25) is 0 Å². The van der Waals surface area contributed by atoms with Gasteiger partial charge < -0.3 is 5.43 Å². The molecule has 0 saturated carbocycles. The predicted octanol–water partition coefficient (Wildman–Crippen LogP) is 2.46. The Morgan fingerprint density at radius 2 is 2.17 bits per heavy atom. The number of aryl methyl sites for hydroxylation is 1. The number of benzene rings is 1. The minimum absolute atomic E-state index is 0.488. The van der Waals surface area contributed by atoms with Gasteiger partial charge in [-0.2, -0.15) is 0 Å². The summed E-state index contributed by atoms with van der Waals surface area (Å²) in [4.78, 5) is 9.14. The molecule has 0 saturated heterocycles. The molecular weight excluding hydrogens is 224 g/mol. The Labute approximate surface area is 105 Å². The van der Waals surface area contributed by atoms with Crippen LogP contribution in [0.4, 0.5) is 0 Å². The molecule has 0 fully saturated rings. The largest absolute Gasteiger partial charge is 0.321 e. The van der Waals surface area contributed by atoms with E-state index < -0.39 is 0 Å². The van der Waals surface area contributed by atoms with Crippen molar-refractivity contribution < 1.29 is 0 Å². The molecule has 18 heavy (non-hydrogen) atoms. The van der Waals surface area contributed by atoms with Crippen molar-refractivity contribution in [2.24, 2.45) is 0 Å². The van der Waals surface area contributed by atoms with Gasteiger partial charge in [-0.05, 0) is 19.4 Å². The molecule has 4 nitrogen and oxygen atoms in total. The fourth-order valence-corrected chi connectivity index (χ4v) is 2.69. The number of para-hydroxylation sites is 1. The summed E-state index contributed by atoms with van der Waals surface area (Å²) in [6.45, 7) is 2.21. The summed E-state index contributed by atoms with van der Waals surface area (Å²) in [5, 5.41) is 1.16. The molecule has 3 aromatic rings. The van der Waals surface area contributed by atoms with E-state index in [1.165, 1.54) is 0 Å². The van der Waals surface area contributed by atoms with Crippen molar-refractivity contribution >= 4 is 21.9 Å². The molecule has 1 N–H and O–H groups in total. The quantitative estimate of drug-likeness (QED) is 0.654. The number of hydrogen-bond acceptors (Lipinski definition) is 3. The van der Waals surface area contributed by atoms with Crippen LogP contribution in [0.25, 0.3) is 21.9 Å². The number of rotatable bonds is 0. The molecule has 1 atom stereocenters. The van der Waals surface area contributed by atoms with Crippen molar-refractivity contribution in [1.82, 2.24) is 14.6 Å². The van der Waals surface area contributed by atoms with Crippen molar-refractivity contribution in [3.05, 3.63) is 36.3 Å². The third-order valence-electron chi connectivity index (χ3n) is 3.61. The summed E-state index contributed by atoms with van der Waals surface area (Å²) in [6.07, 6.45) is 4.03. The van der Waals surface area contributed by atoms with Crippen molar-refractivity contribution in [2.75, 3.05) is 5.43 Å². The second-order valence-electron chi connectivity index (χ2n) is 4.94. The van der Waals surface area contributed by atoms with E-state index in [0.29, 0.717) is 6.04 Å². The van der Waals surface area contributed by atoms with Crippen LogP contribution in [0.5, 0.6) is 0 Å². The number of hydrogen-bond donors (Lipinski definition) is 1. The van der Waals surface area contributed by atoms with Crippen molar-refractivity contribution in [3.63, 3.8) is 0 Å². The van der Waals surface area contributed by atoms with Gasteiger partial charge >= 0.3 is 0 Å². The molecule has 2 aromatic heterocycles. The molecule has 0 spiro atoms. The van der Waals surface area contributed by atoms with Crippen molar-refractivity contribution in [1.29, 1.82) is 0 Å². The first-order chi connectivity index (χ1) is 8.83. The summed E-state index contributed by atoms with van der Waals surface area (Å²) in [5.41, 5.74) is 6.65. The fourth-order valence-electron chi connectivity index (χ4n) is 2.69. The Balaban J connectivity index is 2.14. The van der Waals surface area contributed by atoms with Gasteiger partial charge in [-0.1, -0.05) is 18.2 Å². The zero-order valence-electron chi connectivity index (χ0n) is 10.2. The first-order valence-electron chi connectivity index (χ1n) is 6.34. The fraction of sp³-hybridized carbons (Fsp3) is 0.286. The number of nitrogens with one attached hydrogen (secondary N) is 1. The van der Waals surface area contributed by atoms with Gasteiger partial charge in [-0.3, -0.25) is 4.98 Å². The SMILES string of the molecule is CC1CCc2nc3cnc4ccccc4c3n2N1. The van der Waals surface area contributed by atoms with Crippen molar-refractivity contribution in [3.8, 4) is 0 Å². The zero-order chi connectivity index (χ0) is 12.1. The van der Waals surface area contributed by atoms with Gasteiger partial charge in [0, 0.05) is 17.8 Å². The topological polar surface area (TPSA) is 42.7 Å². The van der Waals surface area contributed by atoms with Gasteiger partial charge in [0.15, 0.2) is 0 Å². The van der Waals surface area contributed by atoms with E-state index in [9.17, 15) is 0 Å². The van der Waals surface area contributed by atoms with Gasteiger partial charge in [0.1, 0.15) is 16.9 Å². The third-order valence-corrected chi connectivity index (χ3v) is 3.61. The van der Waals surface area contributed by atoms with Crippen LogP contribution < -0.4 is 5.43 Å². The van der Waals surface area contributed by atoms with Crippen LogP contribution in [0.3, 0.4) is 0 Å². The molecule has 1 unspecified atom stereocenters. The van der Waals surface area contributed by atoms with Gasteiger partial charge in [-0.25, -0.2) is 9.66 Å². The van der Waals surface area contributed by atoms with E-state index in [-0.39, 0.29) is 0 Å². The maximum atomic E-state index is 4.68. The van der Waals surface area contributed by atoms with E-state index in [1.807, 2.05) is 18.3 Å². The number of imidazole rings is 1. The summed E-state index contributed by atoms with van der Waals surface area (Å²) < 4.78 is 2.15. The lowest BCUT2D eigenvalue weighted by Crippen LogP contribution is -2.32. The van der Waals surface area contributed by atoms with Crippen LogP contribution in [0.2, 0.25) is 0 Å². The van der Waals surface area contributed by atoms with Crippen LogP contribution >= 0.6 is 0 Å². The van der Waals surface area contributed by atoms with Crippen LogP contribution in [0.1, 0.15) is 19.2 Å². The van der Waals surface area contributed by atoms with E-state index in [4.69, 9.17) is 0 Å². The second kappa shape index (κ2) is 3.45. The molecule has 0 radical (unpaired) electrons. The molecule has 0 aliphatic carbocycles. The van der Waals surface area contributed by atoms with E-state index in [1.54, 1.807) is 0 Å². The first-order valence-corrected chi connectivity index (χ1v) is 6.34. The Morgan fingerprint density at radius 1 is 1.28 bits per heavy atom. The highest BCUT2D eigenvalue weighted by atomic mass is 15.5. The number of nitrogens with zero attached hydrogens (tertiary/aromatic N) is 3. The van der Waals surface area contributed by atoms with Crippen LogP contribution in [-0.4, -0.2) is 20.7 Å². The maximum Gasteiger partial charge on any atom is 0.128 e. The lowest BCUT2D eigenvalue weighted by molar-refractivity contribution is 0.559. The highest BCUT2D eigenvalue weighted by molar-refractivity contribution is 6.02. The lowest BCUT2D eigenvalue weighted by Gasteiger charge is -2.23. The smallest absolute Gasteiger partial charge is 0.128 e. The molecule has 3 heterocycles. The minimum atomic E-state index is 0.488. The summed E-state index contributed by atoms with van der Waals surface area (Å²) >= 11 is 0. The van der Waals surface area contributed by atoms with Crippen LogP contribution in [0, 0.1) is 0 Å². The van der Waals surface area contributed by atoms with E-state index >= 15 is 0 Å². The summed E-state index contributed by atoms with van der Waals surface area (Å²) in [6, 6.07) is 8.71. The Hall–Kier alpha value is -2.10.